The molecule has 0 aromatic carbocycles. The smallest absolute Gasteiger partial charge is 0.273 e. The SMILES string of the molecule is CC(CC(=O)N(Cc1nc(C(=O)NC2CC2)co1)C1CC1)CC(C)(C)C. The van der Waals surface area contributed by atoms with Crippen molar-refractivity contribution >= 4 is 11.8 Å². The summed E-state index contributed by atoms with van der Waals surface area (Å²) in [6.45, 7) is 9.09. The van der Waals surface area contributed by atoms with E-state index in [0.29, 0.717) is 36.5 Å². The van der Waals surface area contributed by atoms with Crippen LogP contribution in [-0.2, 0) is 11.3 Å². The summed E-state index contributed by atoms with van der Waals surface area (Å²) in [5.41, 5.74) is 0.521. The van der Waals surface area contributed by atoms with Gasteiger partial charge in [-0.2, -0.15) is 0 Å². The summed E-state index contributed by atoms with van der Waals surface area (Å²) >= 11 is 0. The largest absolute Gasteiger partial charge is 0.446 e. The molecule has 0 bridgehead atoms. The average Bonchev–Trinajstić information content (AvgIpc) is 3.43. The second-order valence-electron chi connectivity index (χ2n) is 9.20. The Hall–Kier alpha value is -1.85. The number of carbonyl (C=O) groups is 2. The van der Waals surface area contributed by atoms with Crippen molar-refractivity contribution in [3.8, 4) is 0 Å². The fourth-order valence-corrected chi connectivity index (χ4v) is 3.46. The highest BCUT2D eigenvalue weighted by atomic mass is 16.3. The fourth-order valence-electron chi connectivity index (χ4n) is 3.46. The van der Waals surface area contributed by atoms with E-state index in [-0.39, 0.29) is 23.3 Å². The number of amides is 2. The highest BCUT2D eigenvalue weighted by Crippen LogP contribution is 2.31. The molecule has 1 atom stereocenters. The summed E-state index contributed by atoms with van der Waals surface area (Å²) < 4.78 is 5.47. The molecule has 26 heavy (non-hydrogen) atoms. The summed E-state index contributed by atoms with van der Waals surface area (Å²) in [4.78, 5) is 31.0. The van der Waals surface area contributed by atoms with Crippen molar-refractivity contribution in [3.05, 3.63) is 17.8 Å². The fraction of sp³-hybridized carbons (Fsp3) is 0.750. The quantitative estimate of drug-likeness (QED) is 0.769. The number of hydrogen-bond donors (Lipinski definition) is 1. The minimum Gasteiger partial charge on any atom is -0.446 e. The maximum absolute atomic E-state index is 12.8. The first-order chi connectivity index (χ1) is 12.2. The van der Waals surface area contributed by atoms with Gasteiger partial charge in [0.1, 0.15) is 6.26 Å². The summed E-state index contributed by atoms with van der Waals surface area (Å²) in [7, 11) is 0. The third kappa shape index (κ3) is 5.58. The Bertz CT molecular complexity index is 654. The molecule has 1 aromatic rings. The van der Waals surface area contributed by atoms with Gasteiger partial charge in [-0.3, -0.25) is 9.59 Å². The van der Waals surface area contributed by atoms with Gasteiger partial charge >= 0.3 is 0 Å². The molecule has 2 saturated carbocycles. The number of nitrogens with one attached hydrogen (secondary N) is 1. The molecular formula is C20H31N3O3. The van der Waals surface area contributed by atoms with Crippen molar-refractivity contribution in [2.45, 2.75) is 84.8 Å². The first-order valence-corrected chi connectivity index (χ1v) is 9.76. The van der Waals surface area contributed by atoms with E-state index in [0.717, 1.165) is 32.1 Å². The number of oxazole rings is 1. The van der Waals surface area contributed by atoms with Crippen LogP contribution < -0.4 is 5.32 Å². The van der Waals surface area contributed by atoms with Crippen LogP contribution in [0.3, 0.4) is 0 Å². The third-order valence-electron chi connectivity index (χ3n) is 4.79. The average molecular weight is 361 g/mol. The van der Waals surface area contributed by atoms with E-state index < -0.39 is 0 Å². The maximum Gasteiger partial charge on any atom is 0.273 e. The number of hydrogen-bond acceptors (Lipinski definition) is 4. The molecule has 2 aliphatic rings. The van der Waals surface area contributed by atoms with Gasteiger partial charge in [-0.15, -0.1) is 0 Å². The molecule has 3 rings (SSSR count). The zero-order valence-electron chi connectivity index (χ0n) is 16.4. The van der Waals surface area contributed by atoms with Gasteiger partial charge < -0.3 is 14.6 Å². The normalized spacial score (nSPS) is 18.5. The number of carbonyl (C=O) groups excluding carboxylic acids is 2. The summed E-state index contributed by atoms with van der Waals surface area (Å²) in [6.07, 6.45) is 7.10. The molecule has 0 aliphatic heterocycles. The lowest BCUT2D eigenvalue weighted by Gasteiger charge is -2.26. The van der Waals surface area contributed by atoms with E-state index in [2.05, 4.69) is 38.0 Å². The Labute approximate surface area is 155 Å². The molecule has 0 saturated heterocycles. The molecule has 1 heterocycles. The predicted molar refractivity (Wildman–Crippen MR) is 98.4 cm³/mol. The van der Waals surface area contributed by atoms with Crippen LogP contribution in [0.5, 0.6) is 0 Å². The minimum atomic E-state index is -0.189. The van der Waals surface area contributed by atoms with Crippen LogP contribution in [0.1, 0.15) is 82.6 Å². The van der Waals surface area contributed by atoms with Crippen molar-refractivity contribution in [2.75, 3.05) is 0 Å². The van der Waals surface area contributed by atoms with Crippen LogP contribution >= 0.6 is 0 Å². The van der Waals surface area contributed by atoms with Gasteiger partial charge in [-0.25, -0.2) is 4.98 Å². The first kappa shape index (κ1) is 18.9. The molecule has 1 unspecified atom stereocenters. The van der Waals surface area contributed by atoms with E-state index in [9.17, 15) is 9.59 Å². The zero-order chi connectivity index (χ0) is 18.9. The second-order valence-corrected chi connectivity index (χ2v) is 9.20. The molecule has 0 spiro atoms. The molecule has 6 nitrogen and oxygen atoms in total. The summed E-state index contributed by atoms with van der Waals surface area (Å²) in [5, 5.41) is 2.90. The van der Waals surface area contributed by atoms with Crippen molar-refractivity contribution in [2.24, 2.45) is 11.3 Å². The van der Waals surface area contributed by atoms with Crippen molar-refractivity contribution in [1.82, 2.24) is 15.2 Å². The summed E-state index contributed by atoms with van der Waals surface area (Å²) in [5.74, 6) is 0.750. The van der Waals surface area contributed by atoms with E-state index in [1.807, 2.05) is 4.90 Å². The highest BCUT2D eigenvalue weighted by molar-refractivity contribution is 5.92. The van der Waals surface area contributed by atoms with Crippen LogP contribution in [0.25, 0.3) is 0 Å². The molecule has 2 amide bonds. The first-order valence-electron chi connectivity index (χ1n) is 9.76. The van der Waals surface area contributed by atoms with E-state index in [4.69, 9.17) is 4.42 Å². The van der Waals surface area contributed by atoms with E-state index in [1.54, 1.807) is 0 Å². The Morgan fingerprint density at radius 2 is 2.00 bits per heavy atom. The number of nitrogens with zero attached hydrogens (tertiary/aromatic N) is 2. The third-order valence-corrected chi connectivity index (χ3v) is 4.79. The van der Waals surface area contributed by atoms with Crippen LogP contribution in [0.4, 0.5) is 0 Å². The van der Waals surface area contributed by atoms with Gasteiger partial charge in [0.2, 0.25) is 11.8 Å². The predicted octanol–water partition coefficient (Wildman–Crippen LogP) is 3.52. The van der Waals surface area contributed by atoms with Gasteiger partial charge in [0.25, 0.3) is 5.91 Å². The van der Waals surface area contributed by atoms with Crippen LogP contribution in [0.15, 0.2) is 10.7 Å². The molecule has 1 N–H and O–H groups in total. The minimum absolute atomic E-state index is 0.159. The maximum atomic E-state index is 12.8. The number of aromatic nitrogens is 1. The Balaban J connectivity index is 1.57. The van der Waals surface area contributed by atoms with Crippen molar-refractivity contribution in [1.29, 1.82) is 0 Å². The summed E-state index contributed by atoms with van der Waals surface area (Å²) in [6, 6.07) is 0.580. The standard InChI is InChI=1S/C20H31N3O3/c1-13(10-20(2,3)4)9-18(24)23(15-7-8-15)11-17-22-16(12-26-17)19(25)21-14-5-6-14/h12-15H,5-11H2,1-4H3,(H,21,25). The van der Waals surface area contributed by atoms with Crippen LogP contribution in [0.2, 0.25) is 0 Å². The highest BCUT2D eigenvalue weighted by Gasteiger charge is 2.34. The van der Waals surface area contributed by atoms with Gasteiger partial charge in [-0.1, -0.05) is 27.7 Å². The zero-order valence-corrected chi connectivity index (χ0v) is 16.4. The Morgan fingerprint density at radius 1 is 1.31 bits per heavy atom. The molecule has 1 aromatic heterocycles. The molecular weight excluding hydrogens is 330 g/mol. The lowest BCUT2D eigenvalue weighted by molar-refractivity contribution is -0.133. The monoisotopic (exact) mass is 361 g/mol. The molecule has 144 valence electrons. The Morgan fingerprint density at radius 3 is 2.58 bits per heavy atom. The number of rotatable bonds is 8. The van der Waals surface area contributed by atoms with E-state index in [1.165, 1.54) is 6.26 Å². The van der Waals surface area contributed by atoms with Crippen molar-refractivity contribution in [3.63, 3.8) is 0 Å². The lowest BCUT2D eigenvalue weighted by atomic mass is 9.84. The topological polar surface area (TPSA) is 75.4 Å². The molecule has 2 aliphatic carbocycles. The van der Waals surface area contributed by atoms with Crippen LogP contribution in [0, 0.1) is 11.3 Å². The van der Waals surface area contributed by atoms with E-state index >= 15 is 0 Å². The van der Waals surface area contributed by atoms with Gasteiger partial charge in [0.05, 0.1) is 6.54 Å². The van der Waals surface area contributed by atoms with Gasteiger partial charge in [-0.05, 0) is 43.4 Å². The lowest BCUT2D eigenvalue weighted by Crippen LogP contribution is -2.34. The van der Waals surface area contributed by atoms with Crippen molar-refractivity contribution < 1.29 is 14.0 Å². The Kier molecular flexibility index (Phi) is 5.39. The van der Waals surface area contributed by atoms with Gasteiger partial charge in [0, 0.05) is 18.5 Å². The molecule has 0 radical (unpaired) electrons. The van der Waals surface area contributed by atoms with Crippen LogP contribution in [-0.4, -0.2) is 33.8 Å². The molecule has 6 heteroatoms. The molecule has 2 fully saturated rings. The second kappa shape index (κ2) is 7.41. The van der Waals surface area contributed by atoms with Gasteiger partial charge in [0.15, 0.2) is 5.69 Å².